The van der Waals surface area contributed by atoms with Crippen molar-refractivity contribution in [1.82, 2.24) is 15.2 Å². The fraction of sp³-hybridized carbons (Fsp3) is 0.571. The molecule has 0 aliphatic carbocycles. The van der Waals surface area contributed by atoms with Crippen molar-refractivity contribution in [1.29, 1.82) is 0 Å². The molecular formula is C14H21N3O. The van der Waals surface area contributed by atoms with Gasteiger partial charge in [-0.3, -0.25) is 9.78 Å². The van der Waals surface area contributed by atoms with Crippen molar-refractivity contribution in [3.05, 3.63) is 30.1 Å². The number of rotatable bonds is 4. The summed E-state index contributed by atoms with van der Waals surface area (Å²) >= 11 is 0. The number of pyridine rings is 1. The van der Waals surface area contributed by atoms with E-state index in [1.807, 2.05) is 23.2 Å². The zero-order chi connectivity index (χ0) is 12.6. The van der Waals surface area contributed by atoms with Crippen molar-refractivity contribution in [2.24, 2.45) is 0 Å². The number of carbonyl (C=O) groups is 1. The van der Waals surface area contributed by atoms with Gasteiger partial charge in [-0.05, 0) is 24.5 Å². The minimum absolute atomic E-state index is 0.223. The van der Waals surface area contributed by atoms with Crippen LogP contribution in [0.25, 0.3) is 0 Å². The molecule has 1 N–H and O–H groups in total. The van der Waals surface area contributed by atoms with Crippen LogP contribution in [0.15, 0.2) is 24.5 Å². The van der Waals surface area contributed by atoms with Gasteiger partial charge < -0.3 is 10.2 Å². The first kappa shape index (κ1) is 13.0. The van der Waals surface area contributed by atoms with E-state index in [2.05, 4.69) is 10.3 Å². The van der Waals surface area contributed by atoms with Gasteiger partial charge in [0.2, 0.25) is 5.91 Å². The van der Waals surface area contributed by atoms with Crippen LogP contribution in [0.3, 0.4) is 0 Å². The van der Waals surface area contributed by atoms with E-state index in [1.54, 1.807) is 6.20 Å². The van der Waals surface area contributed by atoms with Crippen molar-refractivity contribution >= 4 is 5.91 Å². The average molecular weight is 247 g/mol. The summed E-state index contributed by atoms with van der Waals surface area (Å²) in [6, 6.07) is 3.92. The lowest BCUT2D eigenvalue weighted by Crippen LogP contribution is -2.38. The maximum Gasteiger partial charge on any atom is 0.236 e. The molecule has 1 amide bonds. The first-order chi connectivity index (χ1) is 8.86. The predicted octanol–water partition coefficient (Wildman–Crippen LogP) is 1.57. The third-order valence-electron chi connectivity index (χ3n) is 3.29. The molecule has 0 unspecified atom stereocenters. The molecule has 0 atom stereocenters. The van der Waals surface area contributed by atoms with E-state index in [-0.39, 0.29) is 5.91 Å². The van der Waals surface area contributed by atoms with Crippen molar-refractivity contribution in [3.8, 4) is 0 Å². The summed E-state index contributed by atoms with van der Waals surface area (Å²) in [5, 5.41) is 3.19. The Balaban J connectivity index is 1.71. The highest BCUT2D eigenvalue weighted by atomic mass is 16.2. The molecular weight excluding hydrogens is 226 g/mol. The highest BCUT2D eigenvalue weighted by Gasteiger charge is 2.14. The van der Waals surface area contributed by atoms with Crippen molar-refractivity contribution in [3.63, 3.8) is 0 Å². The second-order valence-corrected chi connectivity index (χ2v) is 4.76. The maximum absolute atomic E-state index is 12.0. The highest BCUT2D eigenvalue weighted by Crippen LogP contribution is 2.09. The number of aromatic nitrogens is 1. The summed E-state index contributed by atoms with van der Waals surface area (Å²) < 4.78 is 0. The van der Waals surface area contributed by atoms with Gasteiger partial charge in [-0.2, -0.15) is 0 Å². The van der Waals surface area contributed by atoms with E-state index in [9.17, 15) is 4.79 Å². The van der Waals surface area contributed by atoms with Crippen LogP contribution >= 0.6 is 0 Å². The number of nitrogens with one attached hydrogen (secondary N) is 1. The fourth-order valence-electron chi connectivity index (χ4n) is 2.25. The first-order valence-electron chi connectivity index (χ1n) is 6.73. The second-order valence-electron chi connectivity index (χ2n) is 4.76. The van der Waals surface area contributed by atoms with Gasteiger partial charge in [0, 0.05) is 32.0 Å². The van der Waals surface area contributed by atoms with E-state index >= 15 is 0 Å². The molecule has 1 fully saturated rings. The van der Waals surface area contributed by atoms with Crippen LogP contribution in [0, 0.1) is 0 Å². The van der Waals surface area contributed by atoms with E-state index in [0.717, 1.165) is 31.5 Å². The third-order valence-corrected chi connectivity index (χ3v) is 3.29. The highest BCUT2D eigenvalue weighted by molar-refractivity contribution is 5.78. The lowest BCUT2D eigenvalue weighted by atomic mass is 10.2. The monoisotopic (exact) mass is 247 g/mol. The average Bonchev–Trinajstić information content (AvgIpc) is 2.69. The molecule has 2 heterocycles. The van der Waals surface area contributed by atoms with E-state index in [1.165, 1.54) is 12.8 Å². The predicted molar refractivity (Wildman–Crippen MR) is 71.0 cm³/mol. The Labute approximate surface area is 108 Å². The van der Waals surface area contributed by atoms with Crippen LogP contribution in [-0.2, 0) is 11.3 Å². The SMILES string of the molecule is O=C(CNCc1cccnc1)N1CCCCCC1. The van der Waals surface area contributed by atoms with Gasteiger partial charge >= 0.3 is 0 Å². The molecule has 4 heteroatoms. The molecule has 4 nitrogen and oxygen atoms in total. The number of carbonyl (C=O) groups excluding carboxylic acids is 1. The molecule has 18 heavy (non-hydrogen) atoms. The normalized spacial score (nSPS) is 16.3. The second kappa shape index (κ2) is 7.11. The summed E-state index contributed by atoms with van der Waals surface area (Å²) in [7, 11) is 0. The Bertz CT molecular complexity index is 359. The van der Waals surface area contributed by atoms with Gasteiger partial charge in [-0.25, -0.2) is 0 Å². The standard InChI is InChI=1S/C14H21N3O/c18-14(17-8-3-1-2-4-9-17)12-16-11-13-6-5-7-15-10-13/h5-7,10,16H,1-4,8-9,11-12H2. The summed E-state index contributed by atoms with van der Waals surface area (Å²) in [6.45, 7) is 2.98. The van der Waals surface area contributed by atoms with Crippen LogP contribution < -0.4 is 5.32 Å². The molecule has 98 valence electrons. The number of nitrogens with zero attached hydrogens (tertiary/aromatic N) is 2. The smallest absolute Gasteiger partial charge is 0.236 e. The zero-order valence-corrected chi connectivity index (χ0v) is 10.8. The van der Waals surface area contributed by atoms with Crippen molar-refractivity contribution < 1.29 is 4.79 Å². The van der Waals surface area contributed by atoms with Gasteiger partial charge in [-0.1, -0.05) is 18.9 Å². The Morgan fingerprint density at radius 2 is 2.06 bits per heavy atom. The number of likely N-dealkylation sites (tertiary alicyclic amines) is 1. The minimum Gasteiger partial charge on any atom is -0.342 e. The topological polar surface area (TPSA) is 45.2 Å². The Morgan fingerprint density at radius 3 is 2.72 bits per heavy atom. The van der Waals surface area contributed by atoms with Crippen molar-refractivity contribution in [2.45, 2.75) is 32.2 Å². The number of hydrogen-bond acceptors (Lipinski definition) is 3. The molecule has 0 spiro atoms. The Hall–Kier alpha value is -1.42. The molecule has 0 aromatic carbocycles. The van der Waals surface area contributed by atoms with Crippen LogP contribution in [0.1, 0.15) is 31.2 Å². The molecule has 1 saturated heterocycles. The van der Waals surface area contributed by atoms with Gasteiger partial charge in [0.05, 0.1) is 6.54 Å². The van der Waals surface area contributed by atoms with Gasteiger partial charge in [0.15, 0.2) is 0 Å². The van der Waals surface area contributed by atoms with E-state index in [0.29, 0.717) is 13.1 Å². The first-order valence-corrected chi connectivity index (χ1v) is 6.73. The Morgan fingerprint density at radius 1 is 1.28 bits per heavy atom. The lowest BCUT2D eigenvalue weighted by Gasteiger charge is -2.20. The molecule has 1 aromatic rings. The molecule has 0 bridgehead atoms. The zero-order valence-electron chi connectivity index (χ0n) is 10.8. The summed E-state index contributed by atoms with van der Waals surface area (Å²) in [4.78, 5) is 18.0. The summed E-state index contributed by atoms with van der Waals surface area (Å²) in [5.41, 5.74) is 1.11. The fourth-order valence-corrected chi connectivity index (χ4v) is 2.25. The van der Waals surface area contributed by atoms with Crippen LogP contribution in [-0.4, -0.2) is 35.4 Å². The number of hydrogen-bond donors (Lipinski definition) is 1. The summed E-state index contributed by atoms with van der Waals surface area (Å²) in [6.07, 6.45) is 8.39. The Kier molecular flexibility index (Phi) is 5.15. The van der Waals surface area contributed by atoms with Crippen LogP contribution in [0.4, 0.5) is 0 Å². The van der Waals surface area contributed by atoms with E-state index < -0.39 is 0 Å². The lowest BCUT2D eigenvalue weighted by molar-refractivity contribution is -0.130. The summed E-state index contributed by atoms with van der Waals surface area (Å²) in [5.74, 6) is 0.223. The van der Waals surface area contributed by atoms with Gasteiger partial charge in [0.1, 0.15) is 0 Å². The maximum atomic E-state index is 12.0. The molecule has 0 radical (unpaired) electrons. The molecule has 0 saturated carbocycles. The largest absolute Gasteiger partial charge is 0.342 e. The van der Waals surface area contributed by atoms with Gasteiger partial charge in [0.25, 0.3) is 0 Å². The number of amides is 1. The van der Waals surface area contributed by atoms with Crippen molar-refractivity contribution in [2.75, 3.05) is 19.6 Å². The molecule has 1 aliphatic rings. The molecule has 1 aromatic heterocycles. The van der Waals surface area contributed by atoms with Crippen LogP contribution in [0.2, 0.25) is 0 Å². The third kappa shape index (κ3) is 4.11. The molecule has 1 aliphatic heterocycles. The van der Waals surface area contributed by atoms with Gasteiger partial charge in [-0.15, -0.1) is 0 Å². The quantitative estimate of drug-likeness (QED) is 0.878. The van der Waals surface area contributed by atoms with E-state index in [4.69, 9.17) is 0 Å². The van der Waals surface area contributed by atoms with Crippen LogP contribution in [0.5, 0.6) is 0 Å². The minimum atomic E-state index is 0.223. The molecule has 2 rings (SSSR count).